The lowest BCUT2D eigenvalue weighted by molar-refractivity contribution is -0.121. The van der Waals surface area contributed by atoms with Crippen LogP contribution in [0, 0.1) is 0 Å². The van der Waals surface area contributed by atoms with Gasteiger partial charge in [-0.15, -0.1) is 0 Å². The zero-order chi connectivity index (χ0) is 17.1. The van der Waals surface area contributed by atoms with E-state index in [9.17, 15) is 4.79 Å². The van der Waals surface area contributed by atoms with Crippen LogP contribution in [0.1, 0.15) is 12.0 Å². The van der Waals surface area contributed by atoms with Gasteiger partial charge < -0.3 is 10.2 Å². The Labute approximate surface area is 147 Å². The number of hydrogen-bond acceptors (Lipinski definition) is 3. The van der Waals surface area contributed by atoms with Gasteiger partial charge in [0, 0.05) is 25.3 Å². The molecule has 25 heavy (non-hydrogen) atoms. The van der Waals surface area contributed by atoms with E-state index >= 15 is 0 Å². The summed E-state index contributed by atoms with van der Waals surface area (Å²) in [6.07, 6.45) is 3.18. The number of carbonyl (C=O) groups excluding carboxylic acids is 1. The van der Waals surface area contributed by atoms with Crippen molar-refractivity contribution >= 4 is 22.5 Å². The molecule has 1 aliphatic heterocycles. The van der Waals surface area contributed by atoms with Gasteiger partial charge in [0.05, 0.1) is 6.42 Å². The minimum atomic E-state index is 0.0872. The van der Waals surface area contributed by atoms with Gasteiger partial charge in [0.2, 0.25) is 5.91 Å². The normalized spacial score (nSPS) is 17.0. The molecule has 2 aromatic carbocycles. The highest BCUT2D eigenvalue weighted by atomic mass is 16.1. The van der Waals surface area contributed by atoms with Crippen molar-refractivity contribution in [2.45, 2.75) is 18.9 Å². The van der Waals surface area contributed by atoms with E-state index in [1.54, 1.807) is 0 Å². The Morgan fingerprint density at radius 3 is 2.80 bits per heavy atom. The first-order valence-electron chi connectivity index (χ1n) is 8.71. The topological polar surface area (TPSA) is 45.2 Å². The Balaban J connectivity index is 1.39. The Hall–Kier alpha value is -2.88. The van der Waals surface area contributed by atoms with Crippen LogP contribution in [0.15, 0.2) is 66.9 Å². The molecule has 4 rings (SSSR count). The summed E-state index contributed by atoms with van der Waals surface area (Å²) in [7, 11) is 0. The smallest absolute Gasteiger partial charge is 0.224 e. The highest BCUT2D eigenvalue weighted by Gasteiger charge is 2.24. The average molecular weight is 331 g/mol. The number of benzene rings is 2. The second kappa shape index (κ2) is 6.93. The van der Waals surface area contributed by atoms with Gasteiger partial charge in [-0.3, -0.25) is 4.79 Å². The Morgan fingerprint density at radius 1 is 1.08 bits per heavy atom. The molecule has 1 saturated heterocycles. The van der Waals surface area contributed by atoms with Gasteiger partial charge >= 0.3 is 0 Å². The molecular formula is C21H21N3O. The minimum Gasteiger partial charge on any atom is -0.354 e. The summed E-state index contributed by atoms with van der Waals surface area (Å²) in [5.41, 5.74) is 1.08. The van der Waals surface area contributed by atoms with Gasteiger partial charge in [0.15, 0.2) is 0 Å². The number of amides is 1. The van der Waals surface area contributed by atoms with Gasteiger partial charge in [-0.1, -0.05) is 48.5 Å². The largest absolute Gasteiger partial charge is 0.354 e. The zero-order valence-corrected chi connectivity index (χ0v) is 14.1. The first kappa shape index (κ1) is 15.6. The average Bonchev–Trinajstić information content (AvgIpc) is 3.11. The number of aromatic nitrogens is 1. The Kier molecular flexibility index (Phi) is 4.34. The molecule has 1 amide bonds. The maximum absolute atomic E-state index is 12.5. The summed E-state index contributed by atoms with van der Waals surface area (Å²) in [4.78, 5) is 19.1. The molecule has 0 aliphatic carbocycles. The van der Waals surface area contributed by atoms with Crippen molar-refractivity contribution in [3.8, 4) is 0 Å². The first-order chi connectivity index (χ1) is 12.3. The third-order valence-corrected chi connectivity index (χ3v) is 4.76. The molecule has 0 unspecified atom stereocenters. The van der Waals surface area contributed by atoms with E-state index < -0.39 is 0 Å². The van der Waals surface area contributed by atoms with Gasteiger partial charge in [-0.25, -0.2) is 4.98 Å². The highest BCUT2D eigenvalue weighted by Crippen LogP contribution is 2.20. The number of anilines is 1. The molecule has 0 bridgehead atoms. The quantitative estimate of drug-likeness (QED) is 0.799. The summed E-state index contributed by atoms with van der Waals surface area (Å²) in [5, 5.41) is 5.51. The molecule has 1 fully saturated rings. The zero-order valence-electron chi connectivity index (χ0n) is 14.1. The van der Waals surface area contributed by atoms with Gasteiger partial charge in [0.25, 0.3) is 0 Å². The fourth-order valence-electron chi connectivity index (χ4n) is 3.53. The molecule has 2 heterocycles. The van der Waals surface area contributed by atoms with Gasteiger partial charge in [0.1, 0.15) is 5.82 Å². The molecule has 126 valence electrons. The summed E-state index contributed by atoms with van der Waals surface area (Å²) in [6, 6.07) is 20.5. The fourth-order valence-corrected chi connectivity index (χ4v) is 3.53. The van der Waals surface area contributed by atoms with Crippen LogP contribution in [0.4, 0.5) is 5.82 Å². The van der Waals surface area contributed by atoms with Crippen LogP contribution >= 0.6 is 0 Å². The third kappa shape index (κ3) is 3.48. The minimum absolute atomic E-state index is 0.0872. The van der Waals surface area contributed by atoms with Crippen molar-refractivity contribution in [2.24, 2.45) is 0 Å². The molecule has 1 aromatic heterocycles. The second-order valence-corrected chi connectivity index (χ2v) is 6.50. The first-order valence-corrected chi connectivity index (χ1v) is 8.71. The lowest BCUT2D eigenvalue weighted by atomic mass is 10.0. The molecule has 0 spiro atoms. The number of nitrogens with zero attached hydrogens (tertiary/aromatic N) is 2. The van der Waals surface area contributed by atoms with Crippen LogP contribution in [0.3, 0.4) is 0 Å². The van der Waals surface area contributed by atoms with Crippen molar-refractivity contribution in [1.29, 1.82) is 0 Å². The van der Waals surface area contributed by atoms with E-state index in [2.05, 4.69) is 33.4 Å². The lowest BCUT2D eigenvalue weighted by Gasteiger charge is -2.18. The van der Waals surface area contributed by atoms with Crippen molar-refractivity contribution in [2.75, 3.05) is 18.0 Å². The van der Waals surface area contributed by atoms with Crippen LogP contribution in [-0.4, -0.2) is 30.0 Å². The lowest BCUT2D eigenvalue weighted by Crippen LogP contribution is -2.38. The van der Waals surface area contributed by atoms with Crippen molar-refractivity contribution < 1.29 is 4.79 Å². The van der Waals surface area contributed by atoms with E-state index in [0.717, 1.165) is 36.3 Å². The van der Waals surface area contributed by atoms with Crippen LogP contribution in [0.25, 0.3) is 10.8 Å². The summed E-state index contributed by atoms with van der Waals surface area (Å²) >= 11 is 0. The summed E-state index contributed by atoms with van der Waals surface area (Å²) < 4.78 is 0. The molecule has 3 aromatic rings. The SMILES string of the molecule is O=C(Cc1cccc2ccccc12)N[C@H]1CCN(c2ccccn2)C1. The van der Waals surface area contributed by atoms with Crippen LogP contribution in [-0.2, 0) is 11.2 Å². The predicted octanol–water partition coefficient (Wildman–Crippen LogP) is 3.17. The number of carbonyl (C=O) groups is 1. The predicted molar refractivity (Wildman–Crippen MR) is 101 cm³/mol. The Morgan fingerprint density at radius 2 is 1.92 bits per heavy atom. The van der Waals surface area contributed by atoms with Crippen molar-refractivity contribution in [3.05, 3.63) is 72.4 Å². The molecule has 1 aliphatic rings. The number of hydrogen-bond donors (Lipinski definition) is 1. The summed E-state index contributed by atoms with van der Waals surface area (Å²) in [6.45, 7) is 1.74. The molecule has 4 heteroatoms. The standard InChI is InChI=1S/C21H21N3O/c25-21(14-17-8-5-7-16-6-1-2-9-19(16)17)23-18-11-13-24(15-18)20-10-3-4-12-22-20/h1-10,12,18H,11,13-15H2,(H,23,25)/t18-/m0/s1. The molecule has 1 N–H and O–H groups in total. The van der Waals surface area contributed by atoms with Crippen molar-refractivity contribution in [1.82, 2.24) is 10.3 Å². The molecule has 0 radical (unpaired) electrons. The fraction of sp³-hybridized carbons (Fsp3) is 0.238. The maximum Gasteiger partial charge on any atom is 0.224 e. The molecule has 1 atom stereocenters. The maximum atomic E-state index is 12.5. The third-order valence-electron chi connectivity index (χ3n) is 4.76. The Bertz CT molecular complexity index is 873. The van der Waals surface area contributed by atoms with Crippen molar-refractivity contribution in [3.63, 3.8) is 0 Å². The van der Waals surface area contributed by atoms with E-state index in [-0.39, 0.29) is 11.9 Å². The molecule has 0 saturated carbocycles. The number of nitrogens with one attached hydrogen (secondary N) is 1. The van der Waals surface area contributed by atoms with E-state index in [1.807, 2.05) is 48.7 Å². The van der Waals surface area contributed by atoms with Crippen LogP contribution < -0.4 is 10.2 Å². The van der Waals surface area contributed by atoms with E-state index in [4.69, 9.17) is 0 Å². The summed E-state index contributed by atoms with van der Waals surface area (Å²) in [5.74, 6) is 1.07. The number of fused-ring (bicyclic) bond motifs is 1. The molecular weight excluding hydrogens is 310 g/mol. The van der Waals surface area contributed by atoms with E-state index in [0.29, 0.717) is 6.42 Å². The second-order valence-electron chi connectivity index (χ2n) is 6.50. The van der Waals surface area contributed by atoms with E-state index in [1.165, 1.54) is 5.39 Å². The monoisotopic (exact) mass is 331 g/mol. The van der Waals surface area contributed by atoms with Crippen LogP contribution in [0.2, 0.25) is 0 Å². The molecule has 4 nitrogen and oxygen atoms in total. The number of pyridine rings is 1. The van der Waals surface area contributed by atoms with Gasteiger partial charge in [-0.2, -0.15) is 0 Å². The number of rotatable bonds is 4. The highest BCUT2D eigenvalue weighted by molar-refractivity contribution is 5.90. The van der Waals surface area contributed by atoms with Crippen LogP contribution in [0.5, 0.6) is 0 Å². The van der Waals surface area contributed by atoms with Gasteiger partial charge in [-0.05, 0) is 34.9 Å².